The van der Waals surface area contributed by atoms with Gasteiger partial charge in [-0.05, 0) is 44.5 Å². The Morgan fingerprint density at radius 1 is 0.966 bits per heavy atom. The quantitative estimate of drug-likeness (QED) is 0.873. The molecule has 0 aliphatic carbocycles. The zero-order valence-corrected chi connectivity index (χ0v) is 17.3. The lowest BCUT2D eigenvalue weighted by Gasteiger charge is -2.43. The molecule has 2 aliphatic rings. The molecule has 0 aromatic heterocycles. The van der Waals surface area contributed by atoms with Crippen LogP contribution in [0, 0.1) is 6.92 Å². The molecule has 1 saturated heterocycles. The van der Waals surface area contributed by atoms with Gasteiger partial charge in [0.2, 0.25) is 11.8 Å². The Bertz CT molecular complexity index is 932. The van der Waals surface area contributed by atoms with Crippen LogP contribution >= 0.6 is 0 Å². The zero-order valence-electron chi connectivity index (χ0n) is 17.3. The van der Waals surface area contributed by atoms with Gasteiger partial charge >= 0.3 is 0 Å². The third-order valence-corrected chi connectivity index (χ3v) is 5.94. The summed E-state index contributed by atoms with van der Waals surface area (Å²) in [4.78, 5) is 32.1. The SMILES string of the molecule is Cc1ccccc1N1CCN(CC(=O)N2c3ccccc3NC(=O)C2(C)C)CC1. The van der Waals surface area contributed by atoms with E-state index in [4.69, 9.17) is 0 Å². The molecule has 0 atom stereocenters. The van der Waals surface area contributed by atoms with Gasteiger partial charge in [-0.1, -0.05) is 30.3 Å². The molecule has 4 rings (SSSR count). The molecule has 0 radical (unpaired) electrons. The van der Waals surface area contributed by atoms with E-state index in [1.807, 2.05) is 24.3 Å². The highest BCUT2D eigenvalue weighted by atomic mass is 16.2. The number of hydrogen-bond donors (Lipinski definition) is 1. The second kappa shape index (κ2) is 7.52. The van der Waals surface area contributed by atoms with Crippen LogP contribution in [0.5, 0.6) is 0 Å². The first-order chi connectivity index (χ1) is 13.9. The summed E-state index contributed by atoms with van der Waals surface area (Å²) in [7, 11) is 0. The van der Waals surface area contributed by atoms with Crippen molar-refractivity contribution in [2.75, 3.05) is 47.8 Å². The molecule has 2 heterocycles. The van der Waals surface area contributed by atoms with E-state index in [2.05, 4.69) is 46.3 Å². The Balaban J connectivity index is 1.46. The predicted molar refractivity (Wildman–Crippen MR) is 116 cm³/mol. The van der Waals surface area contributed by atoms with Crippen molar-refractivity contribution in [1.29, 1.82) is 0 Å². The highest BCUT2D eigenvalue weighted by Gasteiger charge is 2.43. The fourth-order valence-electron chi connectivity index (χ4n) is 4.23. The lowest BCUT2D eigenvalue weighted by Crippen LogP contribution is -2.61. The van der Waals surface area contributed by atoms with Crippen LogP contribution < -0.4 is 15.1 Å². The number of hydrogen-bond acceptors (Lipinski definition) is 4. The molecule has 2 aromatic carbocycles. The molecule has 2 aliphatic heterocycles. The fraction of sp³-hybridized carbons (Fsp3) is 0.391. The van der Waals surface area contributed by atoms with Crippen LogP contribution in [0.4, 0.5) is 17.1 Å². The number of para-hydroxylation sites is 3. The number of amides is 2. The van der Waals surface area contributed by atoms with Gasteiger partial charge in [0, 0.05) is 31.9 Å². The molecule has 2 amide bonds. The van der Waals surface area contributed by atoms with Gasteiger partial charge in [-0.3, -0.25) is 19.4 Å². The molecule has 0 saturated carbocycles. The fourth-order valence-corrected chi connectivity index (χ4v) is 4.23. The highest BCUT2D eigenvalue weighted by molar-refractivity contribution is 6.14. The lowest BCUT2D eigenvalue weighted by atomic mass is 9.96. The number of carbonyl (C=O) groups is 2. The minimum absolute atomic E-state index is 0.0401. The maximum atomic E-state index is 13.3. The van der Waals surface area contributed by atoms with Crippen LogP contribution in [0.25, 0.3) is 0 Å². The topological polar surface area (TPSA) is 55.9 Å². The van der Waals surface area contributed by atoms with Crippen LogP contribution in [0.15, 0.2) is 48.5 Å². The molecular weight excluding hydrogens is 364 g/mol. The van der Waals surface area contributed by atoms with Crippen LogP contribution in [-0.2, 0) is 9.59 Å². The maximum Gasteiger partial charge on any atom is 0.250 e. The van der Waals surface area contributed by atoms with E-state index in [1.165, 1.54) is 11.3 Å². The lowest BCUT2D eigenvalue weighted by molar-refractivity contribution is -0.127. The van der Waals surface area contributed by atoms with E-state index in [1.54, 1.807) is 18.7 Å². The van der Waals surface area contributed by atoms with Gasteiger partial charge in [0.25, 0.3) is 0 Å². The Morgan fingerprint density at radius 2 is 1.59 bits per heavy atom. The van der Waals surface area contributed by atoms with Crippen molar-refractivity contribution in [3.8, 4) is 0 Å². The summed E-state index contributed by atoms with van der Waals surface area (Å²) in [5.74, 6) is -0.199. The van der Waals surface area contributed by atoms with Gasteiger partial charge in [-0.2, -0.15) is 0 Å². The number of fused-ring (bicyclic) bond motifs is 1. The van der Waals surface area contributed by atoms with Crippen LogP contribution in [-0.4, -0.2) is 55.0 Å². The molecule has 0 unspecified atom stereocenters. The molecule has 6 heteroatoms. The first-order valence-electron chi connectivity index (χ1n) is 10.1. The molecule has 29 heavy (non-hydrogen) atoms. The second-order valence-electron chi connectivity index (χ2n) is 8.31. The monoisotopic (exact) mass is 392 g/mol. The standard InChI is InChI=1S/C23H28N4O2/c1-17-8-4-6-10-19(17)26-14-12-25(13-15-26)16-21(28)27-20-11-7-5-9-18(20)24-22(29)23(27,2)3/h4-11H,12-16H2,1-3H3,(H,24,29). The minimum atomic E-state index is -0.922. The number of carbonyl (C=O) groups excluding carboxylic acids is 2. The van der Waals surface area contributed by atoms with E-state index in [0.717, 1.165) is 31.9 Å². The van der Waals surface area contributed by atoms with E-state index < -0.39 is 5.54 Å². The summed E-state index contributed by atoms with van der Waals surface area (Å²) in [6.45, 7) is 9.46. The van der Waals surface area contributed by atoms with Crippen molar-refractivity contribution in [3.63, 3.8) is 0 Å². The third kappa shape index (κ3) is 3.60. The molecule has 152 valence electrons. The van der Waals surface area contributed by atoms with Gasteiger partial charge in [0.15, 0.2) is 0 Å². The second-order valence-corrected chi connectivity index (χ2v) is 8.31. The first kappa shape index (κ1) is 19.5. The number of rotatable bonds is 3. The molecule has 0 spiro atoms. The van der Waals surface area contributed by atoms with Crippen molar-refractivity contribution in [1.82, 2.24) is 4.90 Å². The van der Waals surface area contributed by atoms with E-state index in [0.29, 0.717) is 12.2 Å². The summed E-state index contributed by atoms with van der Waals surface area (Å²) in [5.41, 5.74) is 3.07. The van der Waals surface area contributed by atoms with Gasteiger partial charge in [0.1, 0.15) is 5.54 Å². The van der Waals surface area contributed by atoms with Gasteiger partial charge in [-0.25, -0.2) is 0 Å². The summed E-state index contributed by atoms with van der Waals surface area (Å²) in [6, 6.07) is 15.9. The number of piperazine rings is 1. The van der Waals surface area contributed by atoms with Crippen molar-refractivity contribution in [2.45, 2.75) is 26.3 Å². The molecule has 1 N–H and O–H groups in total. The van der Waals surface area contributed by atoms with Crippen molar-refractivity contribution >= 4 is 28.9 Å². The first-order valence-corrected chi connectivity index (χ1v) is 10.1. The van der Waals surface area contributed by atoms with Crippen LogP contribution in [0.2, 0.25) is 0 Å². The van der Waals surface area contributed by atoms with Gasteiger partial charge in [0.05, 0.1) is 17.9 Å². The average molecular weight is 393 g/mol. The number of nitrogens with one attached hydrogen (secondary N) is 1. The Kier molecular flexibility index (Phi) is 5.04. The number of aryl methyl sites for hydroxylation is 1. The number of anilines is 3. The van der Waals surface area contributed by atoms with Gasteiger partial charge in [-0.15, -0.1) is 0 Å². The molecule has 0 bridgehead atoms. The zero-order chi connectivity index (χ0) is 20.6. The minimum Gasteiger partial charge on any atom is -0.369 e. The Labute approximate surface area is 172 Å². The molecule has 6 nitrogen and oxygen atoms in total. The average Bonchev–Trinajstić information content (AvgIpc) is 2.70. The number of benzene rings is 2. The highest BCUT2D eigenvalue weighted by Crippen LogP contribution is 2.36. The van der Waals surface area contributed by atoms with E-state index in [-0.39, 0.29) is 11.8 Å². The molecule has 1 fully saturated rings. The maximum absolute atomic E-state index is 13.3. The van der Waals surface area contributed by atoms with Crippen LogP contribution in [0.3, 0.4) is 0 Å². The van der Waals surface area contributed by atoms with Crippen molar-refractivity contribution in [2.24, 2.45) is 0 Å². The number of nitrogens with zero attached hydrogens (tertiary/aromatic N) is 3. The van der Waals surface area contributed by atoms with Crippen LogP contribution in [0.1, 0.15) is 19.4 Å². The Hall–Kier alpha value is -2.86. The van der Waals surface area contributed by atoms with E-state index >= 15 is 0 Å². The Morgan fingerprint density at radius 3 is 2.28 bits per heavy atom. The van der Waals surface area contributed by atoms with Gasteiger partial charge < -0.3 is 10.2 Å². The largest absolute Gasteiger partial charge is 0.369 e. The third-order valence-electron chi connectivity index (χ3n) is 5.94. The smallest absolute Gasteiger partial charge is 0.250 e. The predicted octanol–water partition coefficient (Wildman–Crippen LogP) is 2.88. The normalized spacial score (nSPS) is 18.9. The summed E-state index contributed by atoms with van der Waals surface area (Å²) >= 11 is 0. The summed E-state index contributed by atoms with van der Waals surface area (Å²) < 4.78 is 0. The van der Waals surface area contributed by atoms with Crippen molar-refractivity contribution in [3.05, 3.63) is 54.1 Å². The molecular formula is C23H28N4O2. The molecule has 2 aromatic rings. The summed E-state index contributed by atoms with van der Waals surface area (Å²) in [5, 5.41) is 2.91. The summed E-state index contributed by atoms with van der Waals surface area (Å²) in [6.07, 6.45) is 0. The van der Waals surface area contributed by atoms with E-state index in [9.17, 15) is 9.59 Å². The van der Waals surface area contributed by atoms with Crippen molar-refractivity contribution < 1.29 is 9.59 Å².